The van der Waals surface area contributed by atoms with Gasteiger partial charge >= 0.3 is 0 Å². The van der Waals surface area contributed by atoms with E-state index in [4.69, 9.17) is 19.2 Å². The molecular formula is C34H32N4O3. The maximum absolute atomic E-state index is 6.30. The number of aromatic nitrogens is 3. The van der Waals surface area contributed by atoms with Gasteiger partial charge < -0.3 is 19.2 Å². The third-order valence-electron chi connectivity index (χ3n) is 7.88. The molecule has 3 heterocycles. The minimum atomic E-state index is 0.595. The Kier molecular flexibility index (Phi) is 6.96. The lowest BCUT2D eigenvalue weighted by Gasteiger charge is -2.26. The molecule has 1 N–H and O–H groups in total. The van der Waals surface area contributed by atoms with E-state index in [9.17, 15) is 0 Å². The molecule has 7 rings (SSSR count). The van der Waals surface area contributed by atoms with Gasteiger partial charge in [0.15, 0.2) is 11.5 Å². The zero-order valence-electron chi connectivity index (χ0n) is 23.1. The first-order valence-corrected chi connectivity index (χ1v) is 14.1. The fourth-order valence-electron chi connectivity index (χ4n) is 5.78. The van der Waals surface area contributed by atoms with Crippen LogP contribution >= 0.6 is 0 Å². The highest BCUT2D eigenvalue weighted by Gasteiger charge is 2.20. The molecule has 7 heteroatoms. The Balaban J connectivity index is 1.30. The number of methoxy groups -OCH3 is 1. The molecule has 4 aromatic carbocycles. The van der Waals surface area contributed by atoms with Gasteiger partial charge in [-0.25, -0.2) is 9.97 Å². The molecule has 0 atom stereocenters. The van der Waals surface area contributed by atoms with Gasteiger partial charge in [-0.2, -0.15) is 0 Å². The molecular weight excluding hydrogens is 512 g/mol. The second-order valence-electron chi connectivity index (χ2n) is 10.4. The maximum atomic E-state index is 6.30. The highest BCUT2D eigenvalue weighted by Crippen LogP contribution is 2.42. The summed E-state index contributed by atoms with van der Waals surface area (Å²) in [6, 6.07) is 27.4. The second kappa shape index (κ2) is 11.2. The molecule has 1 aliphatic rings. The quantitative estimate of drug-likeness (QED) is 0.215. The molecule has 206 valence electrons. The number of rotatable bonds is 8. The van der Waals surface area contributed by atoms with Crippen molar-refractivity contribution in [3.8, 4) is 34.0 Å². The molecule has 7 nitrogen and oxygen atoms in total. The number of aromatic amines is 1. The van der Waals surface area contributed by atoms with Gasteiger partial charge in [0, 0.05) is 47.6 Å². The lowest BCUT2D eigenvalue weighted by molar-refractivity contribution is 0.0357. The van der Waals surface area contributed by atoms with Crippen molar-refractivity contribution in [1.29, 1.82) is 0 Å². The summed E-state index contributed by atoms with van der Waals surface area (Å²) in [6.07, 6.45) is 2.56. The van der Waals surface area contributed by atoms with Crippen LogP contribution in [0.15, 0.2) is 85.2 Å². The lowest BCUT2D eigenvalue weighted by atomic mass is 9.97. The number of nitrogens with one attached hydrogen (secondary N) is 1. The van der Waals surface area contributed by atoms with Crippen LogP contribution in [-0.4, -0.2) is 66.4 Å². The van der Waals surface area contributed by atoms with Gasteiger partial charge in [0.1, 0.15) is 6.33 Å². The summed E-state index contributed by atoms with van der Waals surface area (Å²) in [4.78, 5) is 15.6. The highest BCUT2D eigenvalue weighted by atomic mass is 16.5. The number of H-pyrrole nitrogens is 1. The summed E-state index contributed by atoms with van der Waals surface area (Å²) >= 11 is 0. The Labute approximate surface area is 238 Å². The molecule has 0 unspecified atom stereocenters. The third-order valence-corrected chi connectivity index (χ3v) is 7.88. The van der Waals surface area contributed by atoms with E-state index in [1.54, 1.807) is 13.4 Å². The van der Waals surface area contributed by atoms with Crippen LogP contribution in [0.2, 0.25) is 0 Å². The van der Waals surface area contributed by atoms with Crippen LogP contribution in [0.4, 0.5) is 0 Å². The number of hydrogen-bond donors (Lipinski definition) is 1. The summed E-state index contributed by atoms with van der Waals surface area (Å²) in [7, 11) is 1.67. The normalized spacial score (nSPS) is 14.2. The van der Waals surface area contributed by atoms with Gasteiger partial charge in [0.2, 0.25) is 0 Å². The first-order chi connectivity index (χ1) is 20.3. The van der Waals surface area contributed by atoms with Crippen molar-refractivity contribution in [3.63, 3.8) is 0 Å². The number of para-hydroxylation sites is 1. The fourth-order valence-corrected chi connectivity index (χ4v) is 5.78. The molecule has 1 fully saturated rings. The monoisotopic (exact) mass is 544 g/mol. The minimum Gasteiger partial charge on any atom is -0.493 e. The van der Waals surface area contributed by atoms with Crippen molar-refractivity contribution in [1.82, 2.24) is 19.9 Å². The zero-order chi connectivity index (χ0) is 27.6. The predicted molar refractivity (Wildman–Crippen MR) is 164 cm³/mol. The summed E-state index contributed by atoms with van der Waals surface area (Å²) in [5.41, 5.74) is 5.91. The van der Waals surface area contributed by atoms with Crippen LogP contribution in [0.25, 0.3) is 55.1 Å². The number of fused-ring (bicyclic) bond motifs is 3. The number of benzene rings is 4. The van der Waals surface area contributed by atoms with Crippen molar-refractivity contribution in [3.05, 3.63) is 85.2 Å². The summed E-state index contributed by atoms with van der Waals surface area (Å²) in [5.74, 6) is 1.37. The first-order valence-electron chi connectivity index (χ1n) is 14.1. The van der Waals surface area contributed by atoms with Crippen LogP contribution in [0, 0.1) is 0 Å². The van der Waals surface area contributed by atoms with Crippen LogP contribution in [0.5, 0.6) is 11.5 Å². The third kappa shape index (κ3) is 4.99. The summed E-state index contributed by atoms with van der Waals surface area (Å²) in [5, 5.41) is 4.44. The van der Waals surface area contributed by atoms with E-state index >= 15 is 0 Å². The number of hydrogen-bond acceptors (Lipinski definition) is 6. The van der Waals surface area contributed by atoms with E-state index in [1.807, 2.05) is 12.1 Å². The molecule has 41 heavy (non-hydrogen) atoms. The largest absolute Gasteiger partial charge is 0.493 e. The van der Waals surface area contributed by atoms with Gasteiger partial charge in [-0.15, -0.1) is 0 Å². The van der Waals surface area contributed by atoms with Gasteiger partial charge in [-0.3, -0.25) is 4.90 Å². The van der Waals surface area contributed by atoms with Gasteiger partial charge in [0.25, 0.3) is 0 Å². The van der Waals surface area contributed by atoms with E-state index < -0.39 is 0 Å². The van der Waals surface area contributed by atoms with Gasteiger partial charge in [0.05, 0.1) is 43.8 Å². The molecule has 0 aliphatic carbocycles. The second-order valence-corrected chi connectivity index (χ2v) is 10.4. The van der Waals surface area contributed by atoms with Gasteiger partial charge in [-0.1, -0.05) is 54.6 Å². The van der Waals surface area contributed by atoms with Crippen molar-refractivity contribution >= 4 is 32.6 Å². The van der Waals surface area contributed by atoms with Crippen molar-refractivity contribution in [2.75, 3.05) is 46.6 Å². The number of morpholine rings is 1. The molecule has 6 aromatic rings. The molecule has 1 aliphatic heterocycles. The summed E-state index contributed by atoms with van der Waals surface area (Å²) in [6.45, 7) is 5.14. The van der Waals surface area contributed by atoms with Crippen molar-refractivity contribution in [2.45, 2.75) is 6.42 Å². The smallest absolute Gasteiger partial charge is 0.162 e. The van der Waals surface area contributed by atoms with Crippen molar-refractivity contribution in [2.24, 2.45) is 0 Å². The Morgan fingerprint density at radius 2 is 1.68 bits per heavy atom. The van der Waals surface area contributed by atoms with Crippen molar-refractivity contribution < 1.29 is 14.2 Å². The maximum Gasteiger partial charge on any atom is 0.162 e. The molecule has 0 bridgehead atoms. The fraction of sp³-hybridized carbons (Fsp3) is 0.235. The highest BCUT2D eigenvalue weighted by molar-refractivity contribution is 6.09. The van der Waals surface area contributed by atoms with E-state index in [0.717, 1.165) is 83.6 Å². The first kappa shape index (κ1) is 25.5. The Bertz CT molecular complexity index is 1840. The molecule has 2 aromatic heterocycles. The predicted octanol–water partition coefficient (Wildman–Crippen LogP) is 6.71. The molecule has 0 radical (unpaired) electrons. The Hall–Kier alpha value is -4.46. The average molecular weight is 545 g/mol. The Morgan fingerprint density at radius 3 is 2.56 bits per heavy atom. The van der Waals surface area contributed by atoms with Crippen LogP contribution in [0.3, 0.4) is 0 Å². The average Bonchev–Trinajstić information content (AvgIpc) is 3.42. The van der Waals surface area contributed by atoms with E-state index in [1.165, 1.54) is 10.8 Å². The standard InChI is InChI=1S/C34H32N4O3/c1-39-30-21-29-27(20-31(30)41-16-6-13-38-14-17-40-18-15-38)34(36-22-35-29)32-26-9-4-5-10-28(26)37-33(32)25-12-11-23-7-2-3-8-24(23)19-25/h2-5,7-12,19-22,37H,6,13-18H2,1H3. The lowest BCUT2D eigenvalue weighted by Crippen LogP contribution is -2.37. The van der Waals surface area contributed by atoms with Gasteiger partial charge in [-0.05, 0) is 41.0 Å². The zero-order valence-corrected chi connectivity index (χ0v) is 23.1. The topological polar surface area (TPSA) is 72.5 Å². The molecule has 0 saturated carbocycles. The van der Waals surface area contributed by atoms with E-state index in [-0.39, 0.29) is 0 Å². The van der Waals surface area contributed by atoms with Crippen LogP contribution < -0.4 is 9.47 Å². The summed E-state index contributed by atoms with van der Waals surface area (Å²) < 4.78 is 17.5. The van der Waals surface area contributed by atoms with Crippen LogP contribution in [0.1, 0.15) is 6.42 Å². The minimum absolute atomic E-state index is 0.595. The number of nitrogens with zero attached hydrogens (tertiary/aromatic N) is 3. The Morgan fingerprint density at radius 1 is 0.854 bits per heavy atom. The molecule has 1 saturated heterocycles. The SMILES string of the molecule is COc1cc2ncnc(-c3c(-c4ccc5ccccc5c4)[nH]c4ccccc34)c2cc1OCCCN1CCOCC1. The molecule has 0 amide bonds. The van der Waals surface area contributed by atoms with E-state index in [2.05, 4.69) is 81.6 Å². The molecule has 0 spiro atoms. The van der Waals surface area contributed by atoms with E-state index in [0.29, 0.717) is 18.1 Å². The van der Waals surface area contributed by atoms with Crippen LogP contribution in [-0.2, 0) is 4.74 Å². The number of ether oxygens (including phenoxy) is 3.